The van der Waals surface area contributed by atoms with Crippen molar-refractivity contribution in [1.29, 1.82) is 0 Å². The van der Waals surface area contributed by atoms with Gasteiger partial charge in [0.15, 0.2) is 5.96 Å². The molecule has 0 aromatic rings. The van der Waals surface area contributed by atoms with Crippen molar-refractivity contribution < 1.29 is 4.79 Å². The largest absolute Gasteiger partial charge is 0.357 e. The van der Waals surface area contributed by atoms with Gasteiger partial charge in [0.2, 0.25) is 5.91 Å². The van der Waals surface area contributed by atoms with Crippen molar-refractivity contribution in [3.8, 4) is 0 Å². The number of hydrogen-bond acceptors (Lipinski definition) is 2. The molecule has 0 spiro atoms. The van der Waals surface area contributed by atoms with Crippen molar-refractivity contribution in [2.75, 3.05) is 39.3 Å². The van der Waals surface area contributed by atoms with Gasteiger partial charge in [0, 0.05) is 39.6 Å². The van der Waals surface area contributed by atoms with Crippen LogP contribution in [0.4, 0.5) is 0 Å². The molecule has 0 aromatic heterocycles. The summed E-state index contributed by atoms with van der Waals surface area (Å²) in [5, 5.41) is 3.26. The molecule has 1 saturated heterocycles. The summed E-state index contributed by atoms with van der Waals surface area (Å²) in [6.45, 7) is 12.0. The van der Waals surface area contributed by atoms with E-state index in [0.717, 1.165) is 38.7 Å². The predicted octanol–water partition coefficient (Wildman–Crippen LogP) is 0.302. The van der Waals surface area contributed by atoms with E-state index in [4.69, 9.17) is 0 Å². The van der Waals surface area contributed by atoms with Gasteiger partial charge in [-0.25, -0.2) is 4.99 Å². The Morgan fingerprint density at radius 1 is 1.35 bits per heavy atom. The van der Waals surface area contributed by atoms with Crippen LogP contribution >= 0.6 is 0 Å². The van der Waals surface area contributed by atoms with Crippen LogP contribution in [0.3, 0.4) is 0 Å². The Morgan fingerprint density at radius 2 is 1.94 bits per heavy atom. The molecule has 1 N–H and O–H groups in total. The molecule has 1 aliphatic heterocycles. The Labute approximate surface area is 103 Å². The van der Waals surface area contributed by atoms with Gasteiger partial charge in [-0.15, -0.1) is 6.58 Å². The second kappa shape index (κ2) is 6.93. The fourth-order valence-corrected chi connectivity index (χ4v) is 1.81. The topological polar surface area (TPSA) is 47.9 Å². The third-order valence-electron chi connectivity index (χ3n) is 2.73. The third-order valence-corrected chi connectivity index (χ3v) is 2.73. The molecule has 1 rings (SSSR count). The molecule has 0 atom stereocenters. The molecule has 17 heavy (non-hydrogen) atoms. The fourth-order valence-electron chi connectivity index (χ4n) is 1.81. The van der Waals surface area contributed by atoms with Gasteiger partial charge in [0.1, 0.15) is 0 Å². The Hall–Kier alpha value is -1.52. The van der Waals surface area contributed by atoms with Crippen LogP contribution in [-0.2, 0) is 4.79 Å². The van der Waals surface area contributed by atoms with Crippen molar-refractivity contribution >= 4 is 11.9 Å². The zero-order valence-corrected chi connectivity index (χ0v) is 10.8. The highest BCUT2D eigenvalue weighted by atomic mass is 16.2. The smallest absolute Gasteiger partial charge is 0.219 e. The van der Waals surface area contributed by atoms with Crippen LogP contribution in [0.1, 0.15) is 13.8 Å². The lowest BCUT2D eigenvalue weighted by molar-refractivity contribution is -0.130. The average Bonchev–Trinajstić information content (AvgIpc) is 2.34. The van der Waals surface area contributed by atoms with E-state index in [0.29, 0.717) is 6.54 Å². The third kappa shape index (κ3) is 4.09. The summed E-state index contributed by atoms with van der Waals surface area (Å²) < 4.78 is 0. The van der Waals surface area contributed by atoms with Gasteiger partial charge in [-0.3, -0.25) is 4.79 Å². The van der Waals surface area contributed by atoms with Crippen LogP contribution in [0.2, 0.25) is 0 Å². The molecule has 1 amide bonds. The van der Waals surface area contributed by atoms with Gasteiger partial charge >= 0.3 is 0 Å². The van der Waals surface area contributed by atoms with Crippen molar-refractivity contribution in [2.45, 2.75) is 13.8 Å². The van der Waals surface area contributed by atoms with Gasteiger partial charge in [-0.05, 0) is 6.92 Å². The number of nitrogens with one attached hydrogen (secondary N) is 1. The molecule has 0 saturated carbocycles. The lowest BCUT2D eigenvalue weighted by atomic mass is 10.3. The van der Waals surface area contributed by atoms with Gasteiger partial charge < -0.3 is 15.1 Å². The van der Waals surface area contributed by atoms with Crippen LogP contribution in [0, 0.1) is 0 Å². The van der Waals surface area contributed by atoms with E-state index in [9.17, 15) is 4.79 Å². The number of guanidine groups is 1. The molecule has 1 fully saturated rings. The molecule has 5 nitrogen and oxygen atoms in total. The van der Waals surface area contributed by atoms with Crippen LogP contribution in [0.15, 0.2) is 17.6 Å². The summed E-state index contributed by atoms with van der Waals surface area (Å²) in [6, 6.07) is 0. The van der Waals surface area contributed by atoms with Crippen LogP contribution in [0.5, 0.6) is 0 Å². The minimum atomic E-state index is 0.151. The van der Waals surface area contributed by atoms with Crippen molar-refractivity contribution in [3.05, 3.63) is 12.7 Å². The SMILES string of the molecule is C=CCN=C(NCC)N1CCN(C(C)=O)CC1. The van der Waals surface area contributed by atoms with Gasteiger partial charge in [-0.1, -0.05) is 6.08 Å². The average molecular weight is 238 g/mol. The predicted molar refractivity (Wildman–Crippen MR) is 70.0 cm³/mol. The number of rotatable bonds is 3. The monoisotopic (exact) mass is 238 g/mol. The second-order valence-corrected chi connectivity index (χ2v) is 3.98. The Morgan fingerprint density at radius 3 is 2.41 bits per heavy atom. The first-order valence-corrected chi connectivity index (χ1v) is 6.08. The van der Waals surface area contributed by atoms with E-state index in [1.165, 1.54) is 0 Å². The van der Waals surface area contributed by atoms with E-state index < -0.39 is 0 Å². The summed E-state index contributed by atoms with van der Waals surface area (Å²) in [5.41, 5.74) is 0. The van der Waals surface area contributed by atoms with E-state index in [-0.39, 0.29) is 5.91 Å². The first-order chi connectivity index (χ1) is 8.19. The Kier molecular flexibility index (Phi) is 5.52. The molecule has 96 valence electrons. The zero-order valence-electron chi connectivity index (χ0n) is 10.8. The van der Waals surface area contributed by atoms with E-state index in [2.05, 4.69) is 28.7 Å². The zero-order chi connectivity index (χ0) is 12.7. The number of nitrogens with zero attached hydrogens (tertiary/aromatic N) is 3. The minimum absolute atomic E-state index is 0.151. The molecule has 1 heterocycles. The maximum absolute atomic E-state index is 11.2. The molecule has 0 bridgehead atoms. The van der Waals surface area contributed by atoms with E-state index >= 15 is 0 Å². The Balaban J connectivity index is 2.54. The summed E-state index contributed by atoms with van der Waals surface area (Å²) >= 11 is 0. The van der Waals surface area contributed by atoms with E-state index in [1.807, 2.05) is 4.90 Å². The van der Waals surface area contributed by atoms with Gasteiger partial charge in [0.05, 0.1) is 6.54 Å². The maximum Gasteiger partial charge on any atom is 0.219 e. The highest BCUT2D eigenvalue weighted by molar-refractivity contribution is 5.80. The Bertz CT molecular complexity index is 293. The van der Waals surface area contributed by atoms with Gasteiger partial charge in [0.25, 0.3) is 0 Å². The van der Waals surface area contributed by atoms with Crippen molar-refractivity contribution in [2.24, 2.45) is 4.99 Å². The molecule has 0 aromatic carbocycles. The van der Waals surface area contributed by atoms with Crippen molar-refractivity contribution in [3.63, 3.8) is 0 Å². The summed E-state index contributed by atoms with van der Waals surface area (Å²) in [6.07, 6.45) is 1.78. The number of piperazine rings is 1. The number of hydrogen-bond donors (Lipinski definition) is 1. The highest BCUT2D eigenvalue weighted by Crippen LogP contribution is 2.02. The molecule has 1 aliphatic rings. The standard InChI is InChI=1S/C12H22N4O/c1-4-6-14-12(13-5-2)16-9-7-15(8-10-16)11(3)17/h4H,1,5-10H2,2-3H3,(H,13,14). The first-order valence-electron chi connectivity index (χ1n) is 6.08. The molecule has 0 radical (unpaired) electrons. The van der Waals surface area contributed by atoms with E-state index in [1.54, 1.807) is 13.0 Å². The van der Waals surface area contributed by atoms with Crippen molar-refractivity contribution in [1.82, 2.24) is 15.1 Å². The number of aliphatic imine (C=N–C) groups is 1. The number of carbonyl (C=O) groups is 1. The quantitative estimate of drug-likeness (QED) is 0.437. The van der Waals surface area contributed by atoms with Gasteiger partial charge in [-0.2, -0.15) is 0 Å². The van der Waals surface area contributed by atoms with Crippen LogP contribution < -0.4 is 5.32 Å². The molecule has 5 heteroatoms. The molecule has 0 unspecified atom stereocenters. The van der Waals surface area contributed by atoms with Crippen LogP contribution in [0.25, 0.3) is 0 Å². The first kappa shape index (κ1) is 13.5. The highest BCUT2D eigenvalue weighted by Gasteiger charge is 2.20. The van der Waals surface area contributed by atoms with Crippen LogP contribution in [-0.4, -0.2) is 60.9 Å². The summed E-state index contributed by atoms with van der Waals surface area (Å²) in [5.74, 6) is 1.06. The normalized spacial score (nSPS) is 16.9. The summed E-state index contributed by atoms with van der Waals surface area (Å²) in [7, 11) is 0. The lowest BCUT2D eigenvalue weighted by Gasteiger charge is -2.36. The summed E-state index contributed by atoms with van der Waals surface area (Å²) in [4.78, 5) is 19.7. The molecule has 0 aliphatic carbocycles. The molecular weight excluding hydrogens is 216 g/mol. The number of amides is 1. The second-order valence-electron chi connectivity index (χ2n) is 3.98. The maximum atomic E-state index is 11.2. The minimum Gasteiger partial charge on any atom is -0.357 e. The molecular formula is C12H22N4O. The fraction of sp³-hybridized carbons (Fsp3) is 0.667. The number of carbonyl (C=O) groups excluding carboxylic acids is 1. The lowest BCUT2D eigenvalue weighted by Crippen LogP contribution is -2.53.